The molecule has 212 valence electrons. The van der Waals surface area contributed by atoms with Gasteiger partial charge in [0.1, 0.15) is 24.8 Å². The third-order valence-electron chi connectivity index (χ3n) is 7.34. The second-order valence-electron chi connectivity index (χ2n) is 10.2. The van der Waals surface area contributed by atoms with Crippen LogP contribution in [0.3, 0.4) is 0 Å². The quantitative estimate of drug-likeness (QED) is 0.249. The summed E-state index contributed by atoms with van der Waals surface area (Å²) >= 11 is 0. The van der Waals surface area contributed by atoms with Gasteiger partial charge in [-0.1, -0.05) is 60.7 Å². The number of amides is 2. The first-order chi connectivity index (χ1) is 20.5. The molecular weight excluding hydrogens is 530 g/mol. The van der Waals surface area contributed by atoms with Crippen LogP contribution in [0.25, 0.3) is 16.9 Å². The zero-order chi connectivity index (χ0) is 28.9. The number of ether oxygens (including phenoxy) is 1. The highest BCUT2D eigenvalue weighted by atomic mass is 16.6. The Labute approximate surface area is 243 Å². The van der Waals surface area contributed by atoms with Gasteiger partial charge in [0.15, 0.2) is 0 Å². The number of likely N-dealkylation sites (tertiary alicyclic amines) is 1. The summed E-state index contributed by atoms with van der Waals surface area (Å²) < 4.78 is 7.35. The maximum atomic E-state index is 13.2. The number of hydrogen-bond donors (Lipinski definition) is 2. The van der Waals surface area contributed by atoms with Gasteiger partial charge in [-0.3, -0.25) is 14.3 Å². The van der Waals surface area contributed by atoms with Crippen LogP contribution in [-0.4, -0.2) is 49.0 Å². The minimum Gasteiger partial charge on any atom is -0.445 e. The zero-order valence-electron chi connectivity index (χ0n) is 23.2. The largest absolute Gasteiger partial charge is 0.445 e. The summed E-state index contributed by atoms with van der Waals surface area (Å²) in [6.45, 7) is 2.71. The van der Waals surface area contributed by atoms with Gasteiger partial charge in [-0.25, -0.2) is 14.8 Å². The van der Waals surface area contributed by atoms with E-state index in [2.05, 4.69) is 39.7 Å². The first-order valence-electron chi connectivity index (χ1n) is 14.0. The summed E-state index contributed by atoms with van der Waals surface area (Å²) in [4.78, 5) is 41.1. The lowest BCUT2D eigenvalue weighted by Gasteiger charge is -2.23. The fraction of sp³-hybridized carbons (Fsp3) is 0.219. The number of nitrogens with one attached hydrogen (secondary N) is 2. The molecule has 1 fully saturated rings. The van der Waals surface area contributed by atoms with Crippen LogP contribution in [-0.2, 0) is 16.1 Å². The predicted octanol–water partition coefficient (Wildman–Crippen LogP) is 5.73. The van der Waals surface area contributed by atoms with E-state index in [-0.39, 0.29) is 18.6 Å². The third-order valence-corrected chi connectivity index (χ3v) is 7.34. The van der Waals surface area contributed by atoms with E-state index in [1.54, 1.807) is 12.5 Å². The van der Waals surface area contributed by atoms with Gasteiger partial charge in [-0.2, -0.15) is 4.98 Å². The zero-order valence-corrected chi connectivity index (χ0v) is 23.2. The van der Waals surface area contributed by atoms with Crippen LogP contribution in [0.15, 0.2) is 97.5 Å². The smallest absolute Gasteiger partial charge is 0.410 e. The van der Waals surface area contributed by atoms with E-state index in [1.165, 1.54) is 4.90 Å². The number of anilines is 2. The summed E-state index contributed by atoms with van der Waals surface area (Å²) in [5, 5.41) is 6.31. The van der Waals surface area contributed by atoms with Crippen molar-refractivity contribution in [3.63, 3.8) is 0 Å². The average molecular weight is 562 g/mol. The van der Waals surface area contributed by atoms with Crippen LogP contribution < -0.4 is 10.6 Å². The van der Waals surface area contributed by atoms with Gasteiger partial charge in [0.25, 0.3) is 0 Å². The SMILES string of the molecule is C[C@H](Nc1nccc(-n2cnc3cc(NC(=O)[C@@H]4CCCN4C(=O)OCc4ccccc4)ccc32)n1)c1ccccc1. The molecular formula is C32H31N7O3. The molecule has 0 aliphatic carbocycles. The Hall–Kier alpha value is -5.25. The number of fused-ring (bicyclic) bond motifs is 1. The summed E-state index contributed by atoms with van der Waals surface area (Å²) in [6, 6.07) is 26.4. The Kier molecular flexibility index (Phi) is 7.76. The van der Waals surface area contributed by atoms with Crippen LogP contribution in [0.5, 0.6) is 0 Å². The second-order valence-corrected chi connectivity index (χ2v) is 10.2. The van der Waals surface area contributed by atoms with Crippen LogP contribution in [0.2, 0.25) is 0 Å². The molecule has 2 atom stereocenters. The molecule has 3 aromatic carbocycles. The third kappa shape index (κ3) is 5.92. The van der Waals surface area contributed by atoms with Crippen LogP contribution in [0.1, 0.15) is 36.9 Å². The highest BCUT2D eigenvalue weighted by molar-refractivity contribution is 5.98. The average Bonchev–Trinajstić information content (AvgIpc) is 3.69. The molecule has 1 aliphatic rings. The number of benzene rings is 3. The molecule has 0 radical (unpaired) electrons. The Morgan fingerprint density at radius 2 is 1.79 bits per heavy atom. The number of imidazole rings is 1. The molecule has 2 aromatic heterocycles. The van der Waals surface area contributed by atoms with Crippen molar-refractivity contribution < 1.29 is 14.3 Å². The van der Waals surface area contributed by atoms with Gasteiger partial charge in [0.2, 0.25) is 11.9 Å². The molecule has 2 amide bonds. The molecule has 6 rings (SSSR count). The fourth-order valence-corrected chi connectivity index (χ4v) is 5.13. The molecule has 3 heterocycles. The van der Waals surface area contributed by atoms with Gasteiger partial charge < -0.3 is 15.4 Å². The van der Waals surface area contributed by atoms with E-state index in [9.17, 15) is 9.59 Å². The number of nitrogens with zero attached hydrogens (tertiary/aromatic N) is 5. The van der Waals surface area contributed by atoms with Crippen molar-refractivity contribution in [2.75, 3.05) is 17.2 Å². The van der Waals surface area contributed by atoms with Crippen molar-refractivity contribution in [2.45, 2.75) is 38.5 Å². The molecule has 0 unspecified atom stereocenters. The maximum absolute atomic E-state index is 13.2. The molecule has 2 N–H and O–H groups in total. The highest BCUT2D eigenvalue weighted by Crippen LogP contribution is 2.25. The normalized spacial score (nSPS) is 15.4. The molecule has 0 spiro atoms. The van der Waals surface area contributed by atoms with Gasteiger partial charge in [0.05, 0.1) is 17.1 Å². The number of aromatic nitrogens is 4. The fourth-order valence-electron chi connectivity index (χ4n) is 5.13. The monoisotopic (exact) mass is 561 g/mol. The molecule has 1 saturated heterocycles. The van der Waals surface area contributed by atoms with Gasteiger partial charge in [0, 0.05) is 18.4 Å². The second kappa shape index (κ2) is 12.1. The van der Waals surface area contributed by atoms with Crippen molar-refractivity contribution in [1.29, 1.82) is 0 Å². The van der Waals surface area contributed by atoms with Crippen molar-refractivity contribution in [1.82, 2.24) is 24.4 Å². The minimum atomic E-state index is -0.591. The summed E-state index contributed by atoms with van der Waals surface area (Å²) in [7, 11) is 0. The van der Waals surface area contributed by atoms with E-state index in [1.807, 2.05) is 77.4 Å². The van der Waals surface area contributed by atoms with E-state index in [4.69, 9.17) is 9.72 Å². The Bertz CT molecular complexity index is 1690. The maximum Gasteiger partial charge on any atom is 0.410 e. The lowest BCUT2D eigenvalue weighted by Crippen LogP contribution is -2.43. The summed E-state index contributed by atoms with van der Waals surface area (Å²) in [5.74, 6) is 0.933. The minimum absolute atomic E-state index is 0.0358. The number of carbonyl (C=O) groups excluding carboxylic acids is 2. The molecule has 0 bridgehead atoms. The van der Waals surface area contributed by atoms with Crippen molar-refractivity contribution in [2.24, 2.45) is 0 Å². The lowest BCUT2D eigenvalue weighted by atomic mass is 10.1. The van der Waals surface area contributed by atoms with Crippen molar-refractivity contribution >= 4 is 34.7 Å². The Morgan fingerprint density at radius 1 is 1.00 bits per heavy atom. The number of rotatable bonds is 8. The molecule has 42 heavy (non-hydrogen) atoms. The predicted molar refractivity (Wildman–Crippen MR) is 160 cm³/mol. The first kappa shape index (κ1) is 26.9. The number of carbonyl (C=O) groups is 2. The van der Waals surface area contributed by atoms with Crippen molar-refractivity contribution in [3.05, 3.63) is 109 Å². The number of hydrogen-bond acceptors (Lipinski definition) is 7. The van der Waals surface area contributed by atoms with Crippen LogP contribution in [0, 0.1) is 0 Å². The summed E-state index contributed by atoms with van der Waals surface area (Å²) in [6.07, 6.45) is 4.24. The van der Waals surface area contributed by atoms with Gasteiger partial charge in [-0.05, 0) is 55.2 Å². The Morgan fingerprint density at radius 3 is 2.60 bits per heavy atom. The van der Waals surface area contributed by atoms with Gasteiger partial charge in [-0.15, -0.1) is 0 Å². The highest BCUT2D eigenvalue weighted by Gasteiger charge is 2.35. The van der Waals surface area contributed by atoms with E-state index < -0.39 is 12.1 Å². The van der Waals surface area contributed by atoms with Crippen LogP contribution in [0.4, 0.5) is 16.4 Å². The molecule has 5 aromatic rings. The molecule has 10 nitrogen and oxygen atoms in total. The van der Waals surface area contributed by atoms with Crippen molar-refractivity contribution in [3.8, 4) is 5.82 Å². The molecule has 10 heteroatoms. The van der Waals surface area contributed by atoms with Crippen LogP contribution >= 0.6 is 0 Å². The topological polar surface area (TPSA) is 114 Å². The Balaban J connectivity index is 1.12. The summed E-state index contributed by atoms with van der Waals surface area (Å²) in [5.41, 5.74) is 4.17. The molecule has 1 aliphatic heterocycles. The lowest BCUT2D eigenvalue weighted by molar-refractivity contribution is -0.120. The van der Waals surface area contributed by atoms with E-state index >= 15 is 0 Å². The standard InChI is InChI=1S/C32H31N7O3/c1-22(24-11-6-3-7-12-24)35-31-33-17-16-29(37-31)39-21-34-26-19-25(14-15-27(26)39)36-30(40)28-13-8-18-38(28)32(41)42-20-23-9-4-2-5-10-23/h2-7,9-12,14-17,19,21-22,28H,8,13,18,20H2,1H3,(H,36,40)(H,33,35,37)/t22-,28-/m0/s1. The van der Waals surface area contributed by atoms with E-state index in [0.29, 0.717) is 35.9 Å². The van der Waals surface area contributed by atoms with Gasteiger partial charge >= 0.3 is 6.09 Å². The first-order valence-corrected chi connectivity index (χ1v) is 14.0. The molecule has 0 saturated carbocycles. The van der Waals surface area contributed by atoms with E-state index in [0.717, 1.165) is 23.1 Å².